The van der Waals surface area contributed by atoms with E-state index in [1.54, 1.807) is 6.92 Å². The summed E-state index contributed by atoms with van der Waals surface area (Å²) in [5.41, 5.74) is 0. The van der Waals surface area contributed by atoms with E-state index in [2.05, 4.69) is 10.1 Å². The van der Waals surface area contributed by atoms with Gasteiger partial charge in [-0.1, -0.05) is 5.16 Å². The predicted octanol–water partition coefficient (Wildman–Crippen LogP) is 0.572. The van der Waals surface area contributed by atoms with Crippen LogP contribution in [0, 0.1) is 5.92 Å². The number of rotatable bonds is 4. The molecule has 1 aromatic rings. The molecule has 2 heterocycles. The van der Waals surface area contributed by atoms with Crippen LogP contribution in [0.25, 0.3) is 0 Å². The molecule has 0 amide bonds. The highest BCUT2D eigenvalue weighted by atomic mass is 16.5. The number of nitrogens with zero attached hydrogens (tertiary/aromatic N) is 2. The highest BCUT2D eigenvalue weighted by molar-refractivity contribution is 4.90. The van der Waals surface area contributed by atoms with Gasteiger partial charge in [-0.25, -0.2) is 0 Å². The van der Waals surface area contributed by atoms with Gasteiger partial charge >= 0.3 is 0 Å². The second-order valence-corrected chi connectivity index (χ2v) is 4.09. The van der Waals surface area contributed by atoms with E-state index in [0.717, 1.165) is 31.9 Å². The molecule has 1 aliphatic heterocycles. The minimum Gasteiger partial charge on any atom is -0.393 e. The van der Waals surface area contributed by atoms with E-state index in [1.165, 1.54) is 0 Å². The fourth-order valence-corrected chi connectivity index (χ4v) is 1.71. The molecule has 2 unspecified atom stereocenters. The number of hydrogen-bond donors (Lipinski definition) is 1. The van der Waals surface area contributed by atoms with Gasteiger partial charge in [0, 0.05) is 19.6 Å². The van der Waals surface area contributed by atoms with Crippen LogP contribution in [0.3, 0.4) is 0 Å². The molecule has 0 bridgehead atoms. The molecule has 0 aromatic carbocycles. The summed E-state index contributed by atoms with van der Waals surface area (Å²) in [5, 5.41) is 13.0. The molecule has 5 nitrogen and oxygen atoms in total. The summed E-state index contributed by atoms with van der Waals surface area (Å²) < 4.78 is 10.3. The van der Waals surface area contributed by atoms with Crippen LogP contribution in [0.1, 0.15) is 25.1 Å². The molecule has 15 heavy (non-hydrogen) atoms. The fraction of sp³-hybridized carbons (Fsp3) is 0.800. The Morgan fingerprint density at radius 2 is 2.47 bits per heavy atom. The van der Waals surface area contributed by atoms with Crippen LogP contribution in [0.4, 0.5) is 0 Å². The van der Waals surface area contributed by atoms with Crippen LogP contribution >= 0.6 is 0 Å². The molecule has 5 heteroatoms. The lowest BCUT2D eigenvalue weighted by atomic mass is 10.1. The van der Waals surface area contributed by atoms with Crippen LogP contribution < -0.4 is 0 Å². The Bertz CT molecular complexity index is 305. The molecule has 1 aromatic heterocycles. The maximum absolute atomic E-state index is 9.15. The van der Waals surface area contributed by atoms with Gasteiger partial charge in [-0.3, -0.25) is 0 Å². The largest absolute Gasteiger partial charge is 0.393 e. The zero-order chi connectivity index (χ0) is 10.7. The number of aliphatic hydroxyl groups is 1. The van der Waals surface area contributed by atoms with Gasteiger partial charge in [0.15, 0.2) is 5.82 Å². The average Bonchev–Trinajstić information content (AvgIpc) is 2.77. The molecule has 0 aliphatic carbocycles. The molecule has 0 saturated carbocycles. The maximum Gasteiger partial charge on any atom is 0.229 e. The maximum atomic E-state index is 9.15. The van der Waals surface area contributed by atoms with E-state index >= 15 is 0 Å². The first-order chi connectivity index (χ1) is 7.24. The smallest absolute Gasteiger partial charge is 0.229 e. The third-order valence-electron chi connectivity index (χ3n) is 2.48. The first kappa shape index (κ1) is 10.6. The molecular weight excluding hydrogens is 196 g/mol. The number of aromatic nitrogens is 2. The Labute approximate surface area is 88.4 Å². The highest BCUT2D eigenvalue weighted by Crippen LogP contribution is 2.16. The lowest BCUT2D eigenvalue weighted by Gasteiger charge is -2.01. The summed E-state index contributed by atoms with van der Waals surface area (Å²) in [6.45, 7) is 3.33. The second-order valence-electron chi connectivity index (χ2n) is 4.09. The normalized spacial score (nSPS) is 23.2. The Morgan fingerprint density at radius 3 is 3.13 bits per heavy atom. The molecule has 1 aliphatic rings. The summed E-state index contributed by atoms with van der Waals surface area (Å²) in [6.07, 6.45) is 1.87. The zero-order valence-electron chi connectivity index (χ0n) is 8.85. The SMILES string of the molecule is CC(O)Cc1nc(CC2CCOC2)no1. The lowest BCUT2D eigenvalue weighted by Crippen LogP contribution is -2.06. The van der Waals surface area contributed by atoms with E-state index in [-0.39, 0.29) is 0 Å². The highest BCUT2D eigenvalue weighted by Gasteiger charge is 2.19. The number of aliphatic hydroxyl groups excluding tert-OH is 1. The summed E-state index contributed by atoms with van der Waals surface area (Å²) in [4.78, 5) is 4.22. The van der Waals surface area contributed by atoms with Crippen LogP contribution in [-0.2, 0) is 17.6 Å². The minimum atomic E-state index is -0.437. The molecule has 1 fully saturated rings. The van der Waals surface area contributed by atoms with Crippen molar-refractivity contribution in [1.82, 2.24) is 10.1 Å². The van der Waals surface area contributed by atoms with E-state index in [0.29, 0.717) is 18.2 Å². The Balaban J connectivity index is 1.88. The van der Waals surface area contributed by atoms with Crippen molar-refractivity contribution in [2.75, 3.05) is 13.2 Å². The predicted molar refractivity (Wildman–Crippen MR) is 52.3 cm³/mol. The summed E-state index contributed by atoms with van der Waals surface area (Å²) in [7, 11) is 0. The van der Waals surface area contributed by atoms with Gasteiger partial charge in [0.05, 0.1) is 12.5 Å². The third kappa shape index (κ3) is 3.00. The topological polar surface area (TPSA) is 68.4 Å². The average molecular weight is 212 g/mol. The van der Waals surface area contributed by atoms with Crippen molar-refractivity contribution in [3.63, 3.8) is 0 Å². The van der Waals surface area contributed by atoms with Crippen LogP contribution in [0.5, 0.6) is 0 Å². The lowest BCUT2D eigenvalue weighted by molar-refractivity contribution is 0.181. The monoisotopic (exact) mass is 212 g/mol. The van der Waals surface area contributed by atoms with E-state index in [4.69, 9.17) is 14.4 Å². The van der Waals surface area contributed by atoms with Crippen molar-refractivity contribution in [1.29, 1.82) is 0 Å². The van der Waals surface area contributed by atoms with Gasteiger partial charge in [-0.05, 0) is 19.3 Å². The van der Waals surface area contributed by atoms with Crippen molar-refractivity contribution in [2.24, 2.45) is 5.92 Å². The van der Waals surface area contributed by atoms with E-state index in [1.807, 2.05) is 0 Å². The molecular formula is C10H16N2O3. The summed E-state index contributed by atoms with van der Waals surface area (Å²) >= 11 is 0. The first-order valence-corrected chi connectivity index (χ1v) is 5.31. The number of ether oxygens (including phenoxy) is 1. The zero-order valence-corrected chi connectivity index (χ0v) is 8.85. The Hall–Kier alpha value is -0.940. The van der Waals surface area contributed by atoms with Crippen molar-refractivity contribution >= 4 is 0 Å². The van der Waals surface area contributed by atoms with E-state index in [9.17, 15) is 0 Å². The van der Waals surface area contributed by atoms with Gasteiger partial charge in [-0.15, -0.1) is 0 Å². The van der Waals surface area contributed by atoms with Gasteiger partial charge < -0.3 is 14.4 Å². The van der Waals surface area contributed by atoms with Crippen LogP contribution in [0.2, 0.25) is 0 Å². The Morgan fingerprint density at radius 1 is 1.60 bits per heavy atom. The van der Waals surface area contributed by atoms with Gasteiger partial charge in [0.25, 0.3) is 0 Å². The molecule has 0 spiro atoms. The van der Waals surface area contributed by atoms with Gasteiger partial charge in [0.1, 0.15) is 0 Å². The minimum absolute atomic E-state index is 0.425. The fourth-order valence-electron chi connectivity index (χ4n) is 1.71. The van der Waals surface area contributed by atoms with Crippen molar-refractivity contribution in [2.45, 2.75) is 32.3 Å². The molecule has 1 N–H and O–H groups in total. The van der Waals surface area contributed by atoms with Crippen molar-refractivity contribution < 1.29 is 14.4 Å². The summed E-state index contributed by atoms with van der Waals surface area (Å²) in [5.74, 6) is 1.75. The first-order valence-electron chi connectivity index (χ1n) is 5.31. The standard InChI is InChI=1S/C10H16N2O3/c1-7(13)4-10-11-9(12-15-10)5-8-2-3-14-6-8/h7-8,13H,2-6H2,1H3. The molecule has 2 atom stereocenters. The second kappa shape index (κ2) is 4.72. The van der Waals surface area contributed by atoms with Crippen molar-refractivity contribution in [3.05, 3.63) is 11.7 Å². The van der Waals surface area contributed by atoms with Crippen LogP contribution in [0.15, 0.2) is 4.52 Å². The molecule has 84 valence electrons. The quantitative estimate of drug-likeness (QED) is 0.790. The third-order valence-corrected chi connectivity index (χ3v) is 2.48. The Kier molecular flexibility index (Phi) is 3.33. The molecule has 2 rings (SSSR count). The van der Waals surface area contributed by atoms with Gasteiger partial charge in [0.2, 0.25) is 5.89 Å². The van der Waals surface area contributed by atoms with Crippen molar-refractivity contribution in [3.8, 4) is 0 Å². The number of hydrogen-bond acceptors (Lipinski definition) is 5. The molecule has 1 saturated heterocycles. The van der Waals surface area contributed by atoms with E-state index < -0.39 is 6.10 Å². The molecule has 0 radical (unpaired) electrons. The summed E-state index contributed by atoms with van der Waals surface area (Å²) in [6, 6.07) is 0. The van der Waals surface area contributed by atoms with Crippen LogP contribution in [-0.4, -0.2) is 34.6 Å². The van der Waals surface area contributed by atoms with Gasteiger partial charge in [-0.2, -0.15) is 4.98 Å².